The van der Waals surface area contributed by atoms with Gasteiger partial charge in [0.2, 0.25) is 12.2 Å². The van der Waals surface area contributed by atoms with Gasteiger partial charge in [-0.05, 0) is 18.2 Å². The van der Waals surface area contributed by atoms with E-state index in [9.17, 15) is 0 Å². The van der Waals surface area contributed by atoms with Crippen molar-refractivity contribution in [3.63, 3.8) is 0 Å². The van der Waals surface area contributed by atoms with E-state index in [1.54, 1.807) is 6.20 Å². The number of rotatable bonds is 3. The highest BCUT2D eigenvalue weighted by molar-refractivity contribution is 5.90. The third kappa shape index (κ3) is 2.55. The average Bonchev–Trinajstić information content (AvgIpc) is 3.49. The van der Waals surface area contributed by atoms with Gasteiger partial charge in [0.15, 0.2) is 11.5 Å². The minimum atomic E-state index is 0.290. The maximum atomic E-state index is 4.76. The summed E-state index contributed by atoms with van der Waals surface area (Å²) < 4.78 is 0.290. The van der Waals surface area contributed by atoms with Gasteiger partial charge in [-0.25, -0.2) is 19.9 Å². The zero-order valence-electron chi connectivity index (χ0n) is 16.0. The summed E-state index contributed by atoms with van der Waals surface area (Å²) in [6.07, 6.45) is 9.40. The van der Waals surface area contributed by atoms with Gasteiger partial charge in [0, 0.05) is 16.8 Å². The first-order chi connectivity index (χ1) is 14.8. The molecule has 6 heteroatoms. The molecular formula is C24H17N6+. The molecule has 6 nitrogen and oxygen atoms in total. The minimum absolute atomic E-state index is 0.290. The Labute approximate surface area is 172 Å². The molecule has 3 aromatic heterocycles. The molecule has 30 heavy (non-hydrogen) atoms. The number of imidazole rings is 1. The number of nitrogens with zero attached hydrogens (tertiary/aromatic N) is 5. The minimum Gasteiger partial charge on any atom is -0.291 e. The second kappa shape index (κ2) is 6.43. The van der Waals surface area contributed by atoms with Crippen LogP contribution in [-0.4, -0.2) is 26.3 Å². The number of aromatic nitrogens is 4. The van der Waals surface area contributed by atoms with Gasteiger partial charge in [-0.15, -0.1) is 0 Å². The molecule has 1 N–H and O–H groups in total. The first kappa shape index (κ1) is 16.8. The monoisotopic (exact) mass is 389 g/mol. The molecule has 4 heterocycles. The molecule has 0 spiro atoms. The van der Waals surface area contributed by atoms with E-state index < -0.39 is 0 Å². The van der Waals surface area contributed by atoms with Crippen LogP contribution in [0.25, 0.3) is 33.3 Å². The van der Waals surface area contributed by atoms with Gasteiger partial charge in [-0.1, -0.05) is 42.5 Å². The normalized spacial score (nSPS) is 17.9. The molecular weight excluding hydrogens is 372 g/mol. The van der Waals surface area contributed by atoms with Crippen molar-refractivity contribution in [2.45, 2.75) is 0 Å². The van der Waals surface area contributed by atoms with Gasteiger partial charge in [0.05, 0.1) is 23.4 Å². The van der Waals surface area contributed by atoms with Crippen molar-refractivity contribution in [1.29, 1.82) is 0 Å². The maximum absolute atomic E-state index is 4.76. The predicted molar refractivity (Wildman–Crippen MR) is 120 cm³/mol. The van der Waals surface area contributed by atoms with Crippen LogP contribution >= 0.6 is 0 Å². The van der Waals surface area contributed by atoms with Crippen LogP contribution < -0.4 is 4.48 Å². The molecule has 0 bridgehead atoms. The number of pyridine rings is 2. The quantitative estimate of drug-likeness (QED) is 0.424. The second-order valence-electron chi connectivity index (χ2n) is 7.23. The number of hydrogen-bond donors (Lipinski definition) is 1. The van der Waals surface area contributed by atoms with Gasteiger partial charge in [0.1, 0.15) is 18.1 Å². The van der Waals surface area contributed by atoms with E-state index in [0.29, 0.717) is 4.48 Å². The Hall–Kier alpha value is -4.16. The van der Waals surface area contributed by atoms with Crippen molar-refractivity contribution in [2.75, 3.05) is 0 Å². The van der Waals surface area contributed by atoms with E-state index in [-0.39, 0.29) is 0 Å². The molecule has 1 atom stereocenters. The summed E-state index contributed by atoms with van der Waals surface area (Å²) in [5.74, 6) is 1.59. The molecule has 0 fully saturated rings. The van der Waals surface area contributed by atoms with Crippen molar-refractivity contribution in [1.82, 2.24) is 24.4 Å². The Morgan fingerprint density at radius 2 is 1.60 bits per heavy atom. The lowest BCUT2D eigenvalue weighted by Crippen LogP contribution is -2.35. The molecule has 0 saturated heterocycles. The number of fused-ring (bicyclic) bond motifs is 2. The van der Waals surface area contributed by atoms with Crippen LogP contribution in [0.5, 0.6) is 0 Å². The first-order valence-corrected chi connectivity index (χ1v) is 9.69. The fourth-order valence-corrected chi connectivity index (χ4v) is 3.85. The van der Waals surface area contributed by atoms with Gasteiger partial charge < -0.3 is 0 Å². The molecule has 1 aliphatic rings. The molecule has 0 amide bonds. The summed E-state index contributed by atoms with van der Waals surface area (Å²) in [6, 6.07) is 22.3. The number of hydrogen-bond acceptors (Lipinski definition) is 4. The van der Waals surface area contributed by atoms with E-state index >= 15 is 0 Å². The van der Waals surface area contributed by atoms with E-state index in [4.69, 9.17) is 4.98 Å². The standard InChI is InChI=1S/C24H17N6/c1-4-8-21-17(5-1)9-10-22(28-21)24-27-15-23(29-24)30(12-11-25-16-30)19-13-18-6-2-3-7-20(18)26-14-19/h1-16H,(H,27,29)/q+1. The van der Waals surface area contributed by atoms with Crippen molar-refractivity contribution in [2.24, 2.45) is 4.99 Å². The van der Waals surface area contributed by atoms with Crippen molar-refractivity contribution in [3.05, 3.63) is 91.5 Å². The molecule has 5 aromatic rings. The van der Waals surface area contributed by atoms with Crippen LogP contribution in [0.2, 0.25) is 0 Å². The molecule has 142 valence electrons. The van der Waals surface area contributed by atoms with Crippen LogP contribution in [-0.2, 0) is 0 Å². The zero-order valence-corrected chi connectivity index (χ0v) is 16.0. The molecule has 1 aliphatic heterocycles. The van der Waals surface area contributed by atoms with Crippen LogP contribution in [0.15, 0.2) is 96.5 Å². The fraction of sp³-hybridized carbons (Fsp3) is 0. The Kier molecular flexibility index (Phi) is 3.60. The average molecular weight is 389 g/mol. The fourth-order valence-electron chi connectivity index (χ4n) is 3.85. The summed E-state index contributed by atoms with van der Waals surface area (Å²) in [5, 5.41) is 2.19. The number of nitrogens with one attached hydrogen (secondary N) is 1. The highest BCUT2D eigenvalue weighted by Gasteiger charge is 2.35. The Morgan fingerprint density at radius 1 is 0.767 bits per heavy atom. The zero-order chi connectivity index (χ0) is 20.0. The molecule has 2 aromatic carbocycles. The summed E-state index contributed by atoms with van der Waals surface area (Å²) in [7, 11) is 0. The second-order valence-corrected chi connectivity index (χ2v) is 7.23. The summed E-state index contributed by atoms with van der Waals surface area (Å²) in [6.45, 7) is 0. The van der Waals surface area contributed by atoms with Gasteiger partial charge in [-0.3, -0.25) is 4.98 Å². The Bertz CT molecular complexity index is 1450. The summed E-state index contributed by atoms with van der Waals surface area (Å²) in [4.78, 5) is 21.8. The van der Waals surface area contributed by atoms with E-state index in [1.165, 1.54) is 0 Å². The van der Waals surface area contributed by atoms with Gasteiger partial charge in [-0.2, -0.15) is 4.48 Å². The maximum Gasteiger partial charge on any atom is 0.241 e. The Morgan fingerprint density at radius 3 is 2.47 bits per heavy atom. The molecule has 1 unspecified atom stereocenters. The topological polar surface area (TPSA) is 66.8 Å². The lowest BCUT2D eigenvalue weighted by molar-refractivity contribution is 0.744. The largest absolute Gasteiger partial charge is 0.291 e. The van der Waals surface area contributed by atoms with E-state index in [2.05, 4.69) is 44.2 Å². The third-order valence-electron chi connectivity index (χ3n) is 5.44. The number of aliphatic imine (C=N–C) groups is 1. The van der Waals surface area contributed by atoms with Crippen LogP contribution in [0.3, 0.4) is 0 Å². The van der Waals surface area contributed by atoms with Crippen LogP contribution in [0.4, 0.5) is 11.5 Å². The highest BCUT2D eigenvalue weighted by atomic mass is 15.4. The lowest BCUT2D eigenvalue weighted by Gasteiger charge is -2.24. The Balaban J connectivity index is 1.46. The van der Waals surface area contributed by atoms with Crippen molar-refractivity contribution >= 4 is 39.6 Å². The number of quaternary nitrogens is 1. The van der Waals surface area contributed by atoms with Crippen LogP contribution in [0, 0.1) is 0 Å². The van der Waals surface area contributed by atoms with Crippen LogP contribution in [0.1, 0.15) is 0 Å². The van der Waals surface area contributed by atoms with E-state index in [1.807, 2.05) is 67.4 Å². The predicted octanol–water partition coefficient (Wildman–Crippen LogP) is 5.33. The van der Waals surface area contributed by atoms with E-state index in [0.717, 1.165) is 44.8 Å². The number of benzene rings is 2. The van der Waals surface area contributed by atoms with Gasteiger partial charge in [0.25, 0.3) is 0 Å². The van der Waals surface area contributed by atoms with Gasteiger partial charge >= 0.3 is 0 Å². The highest BCUT2D eigenvalue weighted by Crippen LogP contribution is 2.36. The smallest absolute Gasteiger partial charge is 0.241 e. The molecule has 0 radical (unpaired) electrons. The molecule has 6 rings (SSSR count). The lowest BCUT2D eigenvalue weighted by atomic mass is 10.2. The van der Waals surface area contributed by atoms with Crippen molar-refractivity contribution in [3.8, 4) is 11.5 Å². The van der Waals surface area contributed by atoms with Crippen molar-refractivity contribution < 1.29 is 0 Å². The molecule has 0 saturated carbocycles. The summed E-state index contributed by atoms with van der Waals surface area (Å²) in [5.41, 5.74) is 3.69. The molecule has 0 aliphatic carbocycles. The SMILES string of the molecule is C1=C[N+](c2cnc3ccccc3c2)(c2cnc(-c3ccc4ccccc4n3)[nH]2)C=N1. The third-order valence-corrected chi connectivity index (χ3v) is 5.44. The first-order valence-electron chi connectivity index (χ1n) is 9.69. The summed E-state index contributed by atoms with van der Waals surface area (Å²) >= 11 is 0. The number of para-hydroxylation sites is 2. The number of H-pyrrole nitrogens is 1. The number of aromatic amines is 1.